The number of hydrogen-bond donors (Lipinski definition) is 1. The summed E-state index contributed by atoms with van der Waals surface area (Å²) in [7, 11) is 0. The molecule has 0 bridgehead atoms. The topological polar surface area (TPSA) is 80.9 Å². The predicted molar refractivity (Wildman–Crippen MR) is 80.0 cm³/mol. The molecule has 0 unspecified atom stereocenters. The lowest BCUT2D eigenvalue weighted by molar-refractivity contribution is -0.116. The van der Waals surface area contributed by atoms with Gasteiger partial charge in [-0.25, -0.2) is 4.98 Å². The van der Waals surface area contributed by atoms with Crippen molar-refractivity contribution in [2.75, 3.05) is 5.32 Å². The van der Waals surface area contributed by atoms with E-state index in [0.29, 0.717) is 23.9 Å². The van der Waals surface area contributed by atoms with Gasteiger partial charge >= 0.3 is 6.01 Å². The summed E-state index contributed by atoms with van der Waals surface area (Å²) < 4.78 is 5.42. The number of thiazole rings is 1. The minimum atomic E-state index is -0.0634. The van der Waals surface area contributed by atoms with E-state index in [1.807, 2.05) is 12.3 Å². The Kier molecular flexibility index (Phi) is 4.28. The highest BCUT2D eigenvalue weighted by atomic mass is 32.1. The molecule has 1 amide bonds. The van der Waals surface area contributed by atoms with E-state index in [1.165, 1.54) is 37.0 Å². The van der Waals surface area contributed by atoms with Gasteiger partial charge in [-0.05, 0) is 19.3 Å². The van der Waals surface area contributed by atoms with Crippen molar-refractivity contribution in [3.05, 3.63) is 10.4 Å². The standard InChI is InChI=1S/C14H18N4O2S/c1-9-15-11(8-21-9)13-17-18-14(20-13)16-12(19)7-6-10-4-2-3-5-10/h8,10H,2-7H2,1H3,(H,16,18,19). The Bertz CT molecular complexity index is 616. The lowest BCUT2D eigenvalue weighted by atomic mass is 10.0. The molecule has 0 aromatic carbocycles. The Morgan fingerprint density at radius 3 is 2.95 bits per heavy atom. The number of nitrogens with zero attached hydrogens (tertiary/aromatic N) is 3. The first-order valence-electron chi connectivity index (χ1n) is 7.26. The van der Waals surface area contributed by atoms with Gasteiger partial charge in [-0.15, -0.1) is 16.4 Å². The van der Waals surface area contributed by atoms with Crippen LogP contribution in [0.4, 0.5) is 6.01 Å². The molecule has 112 valence electrons. The molecule has 1 aliphatic rings. The van der Waals surface area contributed by atoms with Crippen LogP contribution in [0.2, 0.25) is 0 Å². The lowest BCUT2D eigenvalue weighted by Gasteiger charge is -2.06. The highest BCUT2D eigenvalue weighted by Crippen LogP contribution is 2.28. The number of carbonyl (C=O) groups is 1. The molecule has 1 saturated carbocycles. The first-order chi connectivity index (χ1) is 10.2. The first-order valence-corrected chi connectivity index (χ1v) is 8.14. The van der Waals surface area contributed by atoms with Crippen molar-refractivity contribution in [2.45, 2.75) is 45.4 Å². The van der Waals surface area contributed by atoms with Crippen LogP contribution >= 0.6 is 11.3 Å². The summed E-state index contributed by atoms with van der Waals surface area (Å²) in [6.45, 7) is 1.91. The zero-order valence-corrected chi connectivity index (χ0v) is 12.8. The van der Waals surface area contributed by atoms with Gasteiger partial charge in [0.2, 0.25) is 5.91 Å². The van der Waals surface area contributed by atoms with E-state index in [-0.39, 0.29) is 11.9 Å². The zero-order valence-electron chi connectivity index (χ0n) is 12.0. The molecule has 3 rings (SSSR count). The summed E-state index contributed by atoms with van der Waals surface area (Å²) in [6.07, 6.45) is 6.55. The van der Waals surface area contributed by atoms with Crippen molar-refractivity contribution in [1.82, 2.24) is 15.2 Å². The normalized spacial score (nSPS) is 15.5. The van der Waals surface area contributed by atoms with Gasteiger partial charge in [0, 0.05) is 11.8 Å². The van der Waals surface area contributed by atoms with Gasteiger partial charge in [0.1, 0.15) is 5.69 Å². The van der Waals surface area contributed by atoms with Crippen molar-refractivity contribution >= 4 is 23.3 Å². The van der Waals surface area contributed by atoms with E-state index >= 15 is 0 Å². The molecule has 2 aromatic rings. The van der Waals surface area contributed by atoms with Crippen LogP contribution in [0.15, 0.2) is 9.80 Å². The Hall–Kier alpha value is -1.76. The van der Waals surface area contributed by atoms with Crippen molar-refractivity contribution < 1.29 is 9.21 Å². The van der Waals surface area contributed by atoms with Gasteiger partial charge in [0.25, 0.3) is 5.89 Å². The molecule has 0 aliphatic heterocycles. The Labute approximate surface area is 127 Å². The molecule has 0 atom stereocenters. The van der Waals surface area contributed by atoms with Crippen LogP contribution in [0.5, 0.6) is 0 Å². The first kappa shape index (κ1) is 14.2. The van der Waals surface area contributed by atoms with E-state index in [1.54, 1.807) is 0 Å². The van der Waals surface area contributed by atoms with E-state index in [0.717, 1.165) is 11.4 Å². The van der Waals surface area contributed by atoms with Gasteiger partial charge in [-0.2, -0.15) is 0 Å². The minimum Gasteiger partial charge on any atom is -0.401 e. The van der Waals surface area contributed by atoms with Gasteiger partial charge in [-0.1, -0.05) is 30.8 Å². The highest BCUT2D eigenvalue weighted by molar-refractivity contribution is 7.09. The molecule has 1 fully saturated rings. The predicted octanol–water partition coefficient (Wildman–Crippen LogP) is 3.41. The van der Waals surface area contributed by atoms with Crippen LogP contribution in [-0.4, -0.2) is 21.1 Å². The molecule has 6 nitrogen and oxygen atoms in total. The Balaban J connectivity index is 1.53. The van der Waals surface area contributed by atoms with Gasteiger partial charge in [0.15, 0.2) is 0 Å². The van der Waals surface area contributed by atoms with E-state index in [4.69, 9.17) is 4.42 Å². The van der Waals surface area contributed by atoms with E-state index < -0.39 is 0 Å². The van der Waals surface area contributed by atoms with Crippen LogP contribution in [0.3, 0.4) is 0 Å². The summed E-state index contributed by atoms with van der Waals surface area (Å²) in [5.41, 5.74) is 0.649. The maximum absolute atomic E-state index is 11.9. The number of carbonyl (C=O) groups excluding carboxylic acids is 1. The smallest absolute Gasteiger partial charge is 0.322 e. The third kappa shape index (κ3) is 3.66. The number of hydrogen-bond acceptors (Lipinski definition) is 6. The minimum absolute atomic E-state index is 0.0634. The highest BCUT2D eigenvalue weighted by Gasteiger charge is 2.17. The molecule has 0 spiro atoms. The molecular formula is C14H18N4O2S. The van der Waals surface area contributed by atoms with Crippen LogP contribution in [-0.2, 0) is 4.79 Å². The maximum Gasteiger partial charge on any atom is 0.322 e. The van der Waals surface area contributed by atoms with Gasteiger partial charge in [-0.3, -0.25) is 10.1 Å². The summed E-state index contributed by atoms with van der Waals surface area (Å²) >= 11 is 1.52. The number of rotatable bonds is 5. The molecule has 1 aliphatic carbocycles. The summed E-state index contributed by atoms with van der Waals surface area (Å²) in [6, 6.07) is 0.145. The fraction of sp³-hybridized carbons (Fsp3) is 0.571. The fourth-order valence-corrected chi connectivity index (χ4v) is 3.24. The third-order valence-electron chi connectivity index (χ3n) is 3.76. The maximum atomic E-state index is 11.9. The number of aromatic nitrogens is 3. The van der Waals surface area contributed by atoms with Crippen molar-refractivity contribution in [2.24, 2.45) is 5.92 Å². The molecule has 7 heteroatoms. The van der Waals surface area contributed by atoms with Crippen LogP contribution in [0, 0.1) is 12.8 Å². The largest absolute Gasteiger partial charge is 0.401 e. The van der Waals surface area contributed by atoms with Crippen LogP contribution in [0.1, 0.15) is 43.5 Å². The zero-order chi connectivity index (χ0) is 14.7. The monoisotopic (exact) mass is 306 g/mol. The number of anilines is 1. The van der Waals surface area contributed by atoms with Crippen molar-refractivity contribution in [3.63, 3.8) is 0 Å². The molecule has 0 saturated heterocycles. The average Bonchev–Trinajstić information content (AvgIpc) is 3.17. The van der Waals surface area contributed by atoms with Crippen LogP contribution in [0.25, 0.3) is 11.6 Å². The number of nitrogens with one attached hydrogen (secondary N) is 1. The van der Waals surface area contributed by atoms with Crippen molar-refractivity contribution in [3.8, 4) is 11.6 Å². The molecule has 1 N–H and O–H groups in total. The van der Waals surface area contributed by atoms with Crippen molar-refractivity contribution in [1.29, 1.82) is 0 Å². The Morgan fingerprint density at radius 2 is 2.24 bits per heavy atom. The van der Waals surface area contributed by atoms with Gasteiger partial charge in [0.05, 0.1) is 5.01 Å². The second-order valence-corrected chi connectivity index (χ2v) is 6.46. The fourth-order valence-electron chi connectivity index (χ4n) is 2.65. The molecule has 2 heterocycles. The number of amides is 1. The SMILES string of the molecule is Cc1nc(-c2nnc(NC(=O)CCC3CCCC3)o2)cs1. The average molecular weight is 306 g/mol. The second kappa shape index (κ2) is 6.34. The molecule has 21 heavy (non-hydrogen) atoms. The quantitative estimate of drug-likeness (QED) is 0.915. The van der Waals surface area contributed by atoms with E-state index in [2.05, 4.69) is 20.5 Å². The second-order valence-electron chi connectivity index (χ2n) is 5.40. The van der Waals surface area contributed by atoms with Gasteiger partial charge < -0.3 is 4.42 Å². The molecule has 0 radical (unpaired) electrons. The molecular weight excluding hydrogens is 288 g/mol. The number of aryl methyl sites for hydroxylation is 1. The molecule has 2 aromatic heterocycles. The third-order valence-corrected chi connectivity index (χ3v) is 4.54. The summed E-state index contributed by atoms with van der Waals surface area (Å²) in [4.78, 5) is 16.1. The van der Waals surface area contributed by atoms with Crippen LogP contribution < -0.4 is 5.32 Å². The summed E-state index contributed by atoms with van der Waals surface area (Å²) in [5.74, 6) is 0.976. The Morgan fingerprint density at radius 1 is 1.43 bits per heavy atom. The summed E-state index contributed by atoms with van der Waals surface area (Å²) in [5, 5.41) is 13.2. The lowest BCUT2D eigenvalue weighted by Crippen LogP contribution is -2.12. The van der Waals surface area contributed by atoms with E-state index in [9.17, 15) is 4.79 Å².